The smallest absolute Gasteiger partial charge is 0.255 e. The van der Waals surface area contributed by atoms with Crippen LogP contribution in [0.2, 0.25) is 10.0 Å². The van der Waals surface area contributed by atoms with Crippen LogP contribution in [0.3, 0.4) is 0 Å². The summed E-state index contributed by atoms with van der Waals surface area (Å²) in [7, 11) is 0. The normalized spacial score (nSPS) is 24.3. The first-order valence-corrected chi connectivity index (χ1v) is 9.32. The second-order valence-corrected chi connectivity index (χ2v) is 7.70. The van der Waals surface area contributed by atoms with Crippen molar-refractivity contribution in [2.24, 2.45) is 5.92 Å². The third-order valence-electron chi connectivity index (χ3n) is 5.45. The maximum absolute atomic E-state index is 13.0. The monoisotopic (exact) mass is 392 g/mol. The summed E-state index contributed by atoms with van der Waals surface area (Å²) in [6.45, 7) is 0.859. The number of nitrogens with zero attached hydrogens (tertiary/aromatic N) is 2. The van der Waals surface area contributed by atoms with Gasteiger partial charge in [0, 0.05) is 36.7 Å². The van der Waals surface area contributed by atoms with E-state index in [-0.39, 0.29) is 41.0 Å². The Labute approximate surface area is 160 Å². The number of pyridine rings is 1. The average Bonchev–Trinajstić information content (AvgIpc) is 2.64. The summed E-state index contributed by atoms with van der Waals surface area (Å²) >= 11 is 12.3. The Morgan fingerprint density at radius 3 is 2.69 bits per heavy atom. The molecule has 4 rings (SSSR count). The Kier molecular flexibility index (Phi) is 4.55. The van der Waals surface area contributed by atoms with Crippen LogP contribution in [0.1, 0.15) is 34.4 Å². The number of carbonyl (C=O) groups is 1. The summed E-state index contributed by atoms with van der Waals surface area (Å²) in [6.07, 6.45) is 0.849. The molecule has 3 atom stereocenters. The quantitative estimate of drug-likeness (QED) is 0.854. The number of aliphatic hydroxyl groups excluding tert-OH is 1. The predicted octanol–water partition coefficient (Wildman–Crippen LogP) is 2.95. The van der Waals surface area contributed by atoms with Gasteiger partial charge >= 0.3 is 0 Å². The van der Waals surface area contributed by atoms with Crippen LogP contribution in [-0.4, -0.2) is 40.2 Å². The molecule has 2 aliphatic heterocycles. The maximum Gasteiger partial charge on any atom is 0.255 e. The largest absolute Gasteiger partial charge is 0.394 e. The predicted molar refractivity (Wildman–Crippen MR) is 100 cm³/mol. The van der Waals surface area contributed by atoms with Gasteiger partial charge in [-0.25, -0.2) is 0 Å². The second-order valence-electron chi connectivity index (χ2n) is 6.91. The van der Waals surface area contributed by atoms with Crippen molar-refractivity contribution in [3.63, 3.8) is 0 Å². The standard InChI is InChI=1S/C19H18Cl2N2O3/c20-14-4-1-3-13(18(14)21)19(26)22-8-11-7-12(9-22)16(10-24)23-15(11)5-2-6-17(23)25/h1-6,11-12,16,24H,7-10H2/t11-,12+,16+/m1/s1. The van der Waals surface area contributed by atoms with Gasteiger partial charge < -0.3 is 14.6 Å². The van der Waals surface area contributed by atoms with Crippen LogP contribution in [0.4, 0.5) is 0 Å². The summed E-state index contributed by atoms with van der Waals surface area (Å²) in [5.41, 5.74) is 1.15. The van der Waals surface area contributed by atoms with E-state index in [9.17, 15) is 14.7 Å². The van der Waals surface area contributed by atoms with Crippen molar-refractivity contribution in [2.45, 2.75) is 18.4 Å². The molecule has 2 bridgehead atoms. The number of fused-ring (bicyclic) bond motifs is 4. The minimum absolute atomic E-state index is 0.0215. The summed E-state index contributed by atoms with van der Waals surface area (Å²) in [6, 6.07) is 9.86. The van der Waals surface area contributed by atoms with Gasteiger partial charge in [-0.1, -0.05) is 35.3 Å². The molecular formula is C19H18Cl2N2O3. The number of carbonyl (C=O) groups excluding carboxylic acids is 1. The SMILES string of the molecule is O=C(c1cccc(Cl)c1Cl)N1C[C@H]2C[C@@H](C1)[C@H](CO)n1c2cccc1=O. The van der Waals surface area contributed by atoms with Gasteiger partial charge in [-0.2, -0.15) is 0 Å². The molecule has 1 N–H and O–H groups in total. The van der Waals surface area contributed by atoms with Crippen LogP contribution < -0.4 is 5.56 Å². The van der Waals surface area contributed by atoms with Crippen molar-refractivity contribution in [2.75, 3.05) is 19.7 Å². The zero-order valence-corrected chi connectivity index (χ0v) is 15.5. The lowest BCUT2D eigenvalue weighted by atomic mass is 9.78. The van der Waals surface area contributed by atoms with Crippen molar-refractivity contribution in [1.29, 1.82) is 0 Å². The molecule has 1 amide bonds. The van der Waals surface area contributed by atoms with Gasteiger partial charge in [0.2, 0.25) is 0 Å². The van der Waals surface area contributed by atoms with Gasteiger partial charge in [0.15, 0.2) is 0 Å². The molecule has 5 nitrogen and oxygen atoms in total. The third-order valence-corrected chi connectivity index (χ3v) is 6.27. The Balaban J connectivity index is 1.71. The molecule has 0 unspecified atom stereocenters. The van der Waals surface area contributed by atoms with E-state index in [1.807, 2.05) is 6.07 Å². The molecule has 2 aliphatic rings. The Morgan fingerprint density at radius 1 is 1.15 bits per heavy atom. The summed E-state index contributed by atoms with van der Waals surface area (Å²) in [5, 5.41) is 10.5. The second kappa shape index (κ2) is 6.72. The maximum atomic E-state index is 13.0. The van der Waals surface area contributed by atoms with Crippen LogP contribution in [0.15, 0.2) is 41.2 Å². The first kappa shape index (κ1) is 17.6. The fourth-order valence-corrected chi connectivity index (χ4v) is 4.66. The van der Waals surface area contributed by atoms with Crippen molar-refractivity contribution in [1.82, 2.24) is 9.47 Å². The van der Waals surface area contributed by atoms with E-state index in [0.717, 1.165) is 12.1 Å². The third kappa shape index (κ3) is 2.75. The molecule has 26 heavy (non-hydrogen) atoms. The molecule has 136 valence electrons. The number of likely N-dealkylation sites (tertiary alicyclic amines) is 1. The first-order chi connectivity index (χ1) is 12.5. The molecule has 1 saturated heterocycles. The number of halogens is 2. The van der Waals surface area contributed by atoms with E-state index < -0.39 is 0 Å². The van der Waals surface area contributed by atoms with Gasteiger partial charge in [0.05, 0.1) is 28.3 Å². The van der Waals surface area contributed by atoms with Gasteiger partial charge in [0.25, 0.3) is 11.5 Å². The van der Waals surface area contributed by atoms with Gasteiger partial charge in [-0.3, -0.25) is 9.59 Å². The summed E-state index contributed by atoms with van der Waals surface area (Å²) < 4.78 is 1.70. The summed E-state index contributed by atoms with van der Waals surface area (Å²) in [4.78, 5) is 27.1. The van der Waals surface area contributed by atoms with Crippen molar-refractivity contribution < 1.29 is 9.90 Å². The van der Waals surface area contributed by atoms with Crippen LogP contribution in [0, 0.1) is 5.92 Å². The van der Waals surface area contributed by atoms with E-state index in [1.54, 1.807) is 33.7 Å². The van der Waals surface area contributed by atoms with E-state index in [1.165, 1.54) is 6.07 Å². The molecule has 1 aromatic carbocycles. The zero-order valence-electron chi connectivity index (χ0n) is 13.9. The lowest BCUT2D eigenvalue weighted by Crippen LogP contribution is -2.51. The van der Waals surface area contributed by atoms with Gasteiger partial charge in [-0.15, -0.1) is 0 Å². The summed E-state index contributed by atoms with van der Waals surface area (Å²) in [5.74, 6) is -0.0868. The molecule has 0 spiro atoms. The zero-order chi connectivity index (χ0) is 18.4. The number of benzene rings is 1. The minimum atomic E-state index is -0.319. The number of hydrogen-bond donors (Lipinski definition) is 1. The highest BCUT2D eigenvalue weighted by Gasteiger charge is 2.41. The van der Waals surface area contributed by atoms with Crippen LogP contribution >= 0.6 is 23.2 Å². The molecular weight excluding hydrogens is 375 g/mol. The molecule has 3 heterocycles. The highest BCUT2D eigenvalue weighted by Crippen LogP contribution is 2.41. The lowest BCUT2D eigenvalue weighted by molar-refractivity contribution is 0.0437. The minimum Gasteiger partial charge on any atom is -0.394 e. The van der Waals surface area contributed by atoms with Crippen LogP contribution in [0.5, 0.6) is 0 Å². The van der Waals surface area contributed by atoms with E-state index in [2.05, 4.69) is 0 Å². The Hall–Kier alpha value is -1.82. The molecule has 2 aromatic rings. The topological polar surface area (TPSA) is 62.5 Å². The molecule has 0 radical (unpaired) electrons. The molecule has 0 saturated carbocycles. The van der Waals surface area contributed by atoms with Gasteiger partial charge in [-0.05, 0) is 24.6 Å². The first-order valence-electron chi connectivity index (χ1n) is 8.57. The number of amides is 1. The molecule has 7 heteroatoms. The Bertz CT molecular complexity index is 927. The van der Waals surface area contributed by atoms with Crippen molar-refractivity contribution in [3.8, 4) is 0 Å². The van der Waals surface area contributed by atoms with Gasteiger partial charge in [0.1, 0.15) is 0 Å². The molecule has 1 fully saturated rings. The fraction of sp³-hybridized carbons (Fsp3) is 0.368. The number of piperidine rings is 1. The van der Waals surface area contributed by atoms with E-state index >= 15 is 0 Å². The van der Waals surface area contributed by atoms with E-state index in [4.69, 9.17) is 23.2 Å². The highest BCUT2D eigenvalue weighted by atomic mass is 35.5. The number of aliphatic hydroxyl groups is 1. The number of aromatic nitrogens is 1. The highest BCUT2D eigenvalue weighted by molar-refractivity contribution is 6.43. The molecule has 0 aliphatic carbocycles. The number of rotatable bonds is 2. The van der Waals surface area contributed by atoms with Crippen LogP contribution in [-0.2, 0) is 0 Å². The Morgan fingerprint density at radius 2 is 1.92 bits per heavy atom. The molecule has 1 aromatic heterocycles. The fourth-order valence-electron chi connectivity index (χ4n) is 4.28. The lowest BCUT2D eigenvalue weighted by Gasteiger charge is -2.46. The number of hydrogen-bond acceptors (Lipinski definition) is 3. The van der Waals surface area contributed by atoms with Crippen molar-refractivity contribution >= 4 is 29.1 Å². The average molecular weight is 393 g/mol. The van der Waals surface area contributed by atoms with E-state index in [0.29, 0.717) is 23.7 Å². The van der Waals surface area contributed by atoms with Crippen molar-refractivity contribution in [3.05, 3.63) is 68.1 Å². The van der Waals surface area contributed by atoms with Crippen LogP contribution in [0.25, 0.3) is 0 Å².